The molecule has 212 valence electrons. The van der Waals surface area contributed by atoms with Crippen molar-refractivity contribution in [3.8, 4) is 11.4 Å². The Morgan fingerprint density at radius 2 is 1.76 bits per heavy atom. The van der Waals surface area contributed by atoms with Gasteiger partial charge in [-0.2, -0.15) is 0 Å². The summed E-state index contributed by atoms with van der Waals surface area (Å²) >= 11 is 1.33. The summed E-state index contributed by atoms with van der Waals surface area (Å²) in [5.41, 5.74) is 8.18. The molecule has 41 heavy (non-hydrogen) atoms. The van der Waals surface area contributed by atoms with Crippen LogP contribution in [0.1, 0.15) is 60.5 Å². The molecule has 1 atom stereocenters. The third kappa shape index (κ3) is 5.08. The summed E-state index contributed by atoms with van der Waals surface area (Å²) in [6, 6.07) is 15.2. The molecular formula is C33H35N3O4S. The van der Waals surface area contributed by atoms with E-state index in [1.807, 2.05) is 37.3 Å². The number of aryl methyl sites for hydroxylation is 2. The van der Waals surface area contributed by atoms with Crippen LogP contribution >= 0.6 is 11.3 Å². The van der Waals surface area contributed by atoms with Crippen molar-refractivity contribution >= 4 is 23.4 Å². The lowest BCUT2D eigenvalue weighted by molar-refractivity contribution is -0.139. The van der Waals surface area contributed by atoms with Crippen molar-refractivity contribution in [2.24, 2.45) is 4.99 Å². The molecule has 2 aromatic carbocycles. The topological polar surface area (TPSA) is 74.8 Å². The number of thiazole rings is 1. The number of esters is 1. The van der Waals surface area contributed by atoms with Crippen molar-refractivity contribution < 1.29 is 14.3 Å². The molecule has 0 saturated heterocycles. The molecule has 1 aliphatic rings. The number of rotatable bonds is 7. The van der Waals surface area contributed by atoms with E-state index in [1.165, 1.54) is 22.5 Å². The molecule has 0 N–H and O–H groups in total. The molecular weight excluding hydrogens is 534 g/mol. The van der Waals surface area contributed by atoms with Crippen LogP contribution in [0.15, 0.2) is 69.6 Å². The van der Waals surface area contributed by atoms with Gasteiger partial charge in [-0.1, -0.05) is 35.6 Å². The molecule has 0 aliphatic carbocycles. The minimum Gasteiger partial charge on any atom is -0.494 e. The number of carbonyl (C=O) groups excluding carboxylic acids is 1. The van der Waals surface area contributed by atoms with Gasteiger partial charge in [0.05, 0.1) is 35.1 Å². The minimum atomic E-state index is -0.662. The van der Waals surface area contributed by atoms with Gasteiger partial charge < -0.3 is 14.0 Å². The highest BCUT2D eigenvalue weighted by molar-refractivity contribution is 7.07. The Balaban J connectivity index is 1.68. The van der Waals surface area contributed by atoms with E-state index in [2.05, 4.69) is 56.5 Å². The number of nitrogens with zero attached hydrogens (tertiary/aromatic N) is 3. The van der Waals surface area contributed by atoms with Crippen LogP contribution in [0.5, 0.6) is 5.75 Å². The SMILES string of the molecule is CCOC(=O)C1=C(C)N=c2s/c(=C\c3cc(C)n(-c4cccc(C)c4C)c3C)c(=O)n2[C@@H]1c1ccc(OCC)cc1. The number of hydrogen-bond acceptors (Lipinski definition) is 6. The molecule has 0 spiro atoms. The maximum atomic E-state index is 14.1. The zero-order valence-electron chi connectivity index (χ0n) is 24.6. The Morgan fingerprint density at radius 3 is 2.44 bits per heavy atom. The van der Waals surface area contributed by atoms with E-state index in [-0.39, 0.29) is 12.2 Å². The molecule has 5 rings (SSSR count). The highest BCUT2D eigenvalue weighted by atomic mass is 32.1. The number of fused-ring (bicyclic) bond motifs is 1. The lowest BCUT2D eigenvalue weighted by Crippen LogP contribution is -2.39. The van der Waals surface area contributed by atoms with Crippen LogP contribution < -0.4 is 19.6 Å². The average molecular weight is 570 g/mol. The molecule has 1 aliphatic heterocycles. The largest absolute Gasteiger partial charge is 0.494 e. The third-order valence-electron chi connectivity index (χ3n) is 7.60. The Labute approximate surface area is 243 Å². The first-order chi connectivity index (χ1) is 19.7. The van der Waals surface area contributed by atoms with Gasteiger partial charge in [-0.15, -0.1) is 0 Å². The van der Waals surface area contributed by atoms with Crippen molar-refractivity contribution in [3.05, 3.63) is 113 Å². The highest BCUT2D eigenvalue weighted by Gasteiger charge is 2.33. The molecule has 8 heteroatoms. The molecule has 0 bridgehead atoms. The summed E-state index contributed by atoms with van der Waals surface area (Å²) in [4.78, 5) is 32.5. The van der Waals surface area contributed by atoms with Gasteiger partial charge in [0.15, 0.2) is 4.80 Å². The average Bonchev–Trinajstić information content (AvgIpc) is 3.39. The van der Waals surface area contributed by atoms with Crippen LogP contribution in [-0.4, -0.2) is 28.3 Å². The number of aromatic nitrogens is 2. The fourth-order valence-electron chi connectivity index (χ4n) is 5.44. The monoisotopic (exact) mass is 569 g/mol. The smallest absolute Gasteiger partial charge is 0.338 e. The van der Waals surface area contributed by atoms with Crippen LogP contribution in [0.4, 0.5) is 0 Å². The second-order valence-corrected chi connectivity index (χ2v) is 11.2. The van der Waals surface area contributed by atoms with Crippen molar-refractivity contribution in [1.29, 1.82) is 0 Å². The van der Waals surface area contributed by atoms with Crippen molar-refractivity contribution in [1.82, 2.24) is 9.13 Å². The zero-order chi connectivity index (χ0) is 29.4. The van der Waals surface area contributed by atoms with Gasteiger partial charge in [-0.25, -0.2) is 9.79 Å². The number of allylic oxidation sites excluding steroid dienone is 1. The summed E-state index contributed by atoms with van der Waals surface area (Å²) in [7, 11) is 0. The molecule has 0 amide bonds. The van der Waals surface area contributed by atoms with E-state index >= 15 is 0 Å². The van der Waals surface area contributed by atoms with Crippen molar-refractivity contribution in [2.45, 2.75) is 54.5 Å². The summed E-state index contributed by atoms with van der Waals surface area (Å²) in [5.74, 6) is 0.250. The first kappa shape index (κ1) is 28.4. The van der Waals surface area contributed by atoms with Crippen LogP contribution in [0.3, 0.4) is 0 Å². The molecule has 0 fully saturated rings. The standard InChI is InChI=1S/C33H35N3O4S/c1-8-39-26-15-13-24(14-16-26)30-29(32(38)40-9-2)22(6)34-33-36(30)31(37)28(41-33)18-25-17-20(4)35(23(25)7)27-12-10-11-19(3)21(27)5/h10-18,30H,8-9H2,1-7H3/b28-18-/t30-/m1/s1. The molecule has 0 unspecified atom stereocenters. The third-order valence-corrected chi connectivity index (χ3v) is 8.58. The van der Waals surface area contributed by atoms with Crippen LogP contribution in [-0.2, 0) is 9.53 Å². The van der Waals surface area contributed by atoms with Gasteiger partial charge in [0.1, 0.15) is 5.75 Å². The normalized spacial score (nSPS) is 15.1. The lowest BCUT2D eigenvalue weighted by atomic mass is 9.96. The number of benzene rings is 2. The molecule has 0 saturated carbocycles. The van der Waals surface area contributed by atoms with Crippen LogP contribution in [0, 0.1) is 27.7 Å². The Bertz CT molecular complexity index is 1860. The zero-order valence-corrected chi connectivity index (χ0v) is 25.4. The first-order valence-electron chi connectivity index (χ1n) is 13.8. The molecule has 4 aromatic rings. The predicted octanol–water partition coefficient (Wildman–Crippen LogP) is 5.22. The summed E-state index contributed by atoms with van der Waals surface area (Å²) in [6.45, 7) is 14.7. The van der Waals surface area contributed by atoms with E-state index in [0.717, 1.165) is 34.0 Å². The molecule has 2 aromatic heterocycles. The summed E-state index contributed by atoms with van der Waals surface area (Å²) < 4.78 is 15.4. The van der Waals surface area contributed by atoms with E-state index in [1.54, 1.807) is 18.4 Å². The van der Waals surface area contributed by atoms with Crippen LogP contribution in [0.2, 0.25) is 0 Å². The van der Waals surface area contributed by atoms with E-state index in [4.69, 9.17) is 14.5 Å². The van der Waals surface area contributed by atoms with Gasteiger partial charge in [0, 0.05) is 17.1 Å². The molecule has 3 heterocycles. The van der Waals surface area contributed by atoms with Crippen molar-refractivity contribution in [2.75, 3.05) is 13.2 Å². The Hall–Kier alpha value is -4.17. The minimum absolute atomic E-state index is 0.196. The summed E-state index contributed by atoms with van der Waals surface area (Å²) in [6.07, 6.45) is 1.94. The maximum absolute atomic E-state index is 14.1. The van der Waals surface area contributed by atoms with Crippen molar-refractivity contribution in [3.63, 3.8) is 0 Å². The number of carbonyl (C=O) groups is 1. The Kier molecular flexibility index (Phi) is 7.87. The van der Waals surface area contributed by atoms with Gasteiger partial charge in [0.2, 0.25) is 0 Å². The van der Waals surface area contributed by atoms with Gasteiger partial charge >= 0.3 is 5.97 Å². The van der Waals surface area contributed by atoms with Gasteiger partial charge in [-0.05, 0) is 101 Å². The van der Waals surface area contributed by atoms with Gasteiger partial charge in [-0.3, -0.25) is 9.36 Å². The van der Waals surface area contributed by atoms with Crippen LogP contribution in [0.25, 0.3) is 11.8 Å². The number of ether oxygens (including phenoxy) is 2. The lowest BCUT2D eigenvalue weighted by Gasteiger charge is -2.24. The molecule has 0 radical (unpaired) electrons. The summed E-state index contributed by atoms with van der Waals surface area (Å²) in [5, 5.41) is 0. The van der Waals surface area contributed by atoms with E-state index in [0.29, 0.717) is 27.2 Å². The second-order valence-electron chi connectivity index (χ2n) is 10.2. The highest BCUT2D eigenvalue weighted by Crippen LogP contribution is 2.32. The molecule has 7 nitrogen and oxygen atoms in total. The van der Waals surface area contributed by atoms with Gasteiger partial charge in [0.25, 0.3) is 5.56 Å². The van der Waals surface area contributed by atoms with E-state index in [9.17, 15) is 9.59 Å². The Morgan fingerprint density at radius 1 is 1.02 bits per heavy atom. The number of hydrogen-bond donors (Lipinski definition) is 0. The second kappa shape index (κ2) is 11.4. The predicted molar refractivity (Wildman–Crippen MR) is 163 cm³/mol. The first-order valence-corrected chi connectivity index (χ1v) is 14.7. The van der Waals surface area contributed by atoms with E-state index < -0.39 is 12.0 Å². The fraction of sp³-hybridized carbons (Fsp3) is 0.303. The quantitative estimate of drug-likeness (QED) is 0.286. The maximum Gasteiger partial charge on any atom is 0.338 e. The fourth-order valence-corrected chi connectivity index (χ4v) is 6.48.